The Kier molecular flexibility index (Phi) is 6.04. The van der Waals surface area contributed by atoms with E-state index in [0.717, 1.165) is 10.9 Å². The van der Waals surface area contributed by atoms with Gasteiger partial charge in [-0.25, -0.2) is 0 Å². The van der Waals surface area contributed by atoms with Gasteiger partial charge >= 0.3 is 0 Å². The zero-order valence-corrected chi connectivity index (χ0v) is 21.9. The summed E-state index contributed by atoms with van der Waals surface area (Å²) in [6.07, 6.45) is 0.696. The van der Waals surface area contributed by atoms with Gasteiger partial charge in [-0.15, -0.1) is 0 Å². The molecule has 3 atom stereocenters. The van der Waals surface area contributed by atoms with Crippen LogP contribution in [0, 0.1) is 5.41 Å². The molecule has 0 saturated carbocycles. The van der Waals surface area contributed by atoms with E-state index in [1.165, 1.54) is 0 Å². The standard InChI is InChI=1S/C27H28Cl2N4O3/c1-27(2,3)23(33-21-7-5-4-6-15(21)10-22(33)24(30)34)26(36)32-14-17-12-18(32)13-31(17)25(35)19-11-16(28)8-9-20(19)29/h4-11,17-18,23H,12-14H2,1-3H3,(H2,30,34)/t17-,18-,23+/m0/s1. The molecule has 0 unspecified atom stereocenters. The normalized spacial score (nSPS) is 20.2. The molecule has 7 nitrogen and oxygen atoms in total. The Balaban J connectivity index is 1.46. The largest absolute Gasteiger partial charge is 0.364 e. The molecule has 1 aromatic heterocycles. The number of hydrogen-bond donors (Lipinski definition) is 1. The van der Waals surface area contributed by atoms with Crippen molar-refractivity contribution < 1.29 is 14.4 Å². The third-order valence-corrected chi connectivity index (χ3v) is 7.82. The summed E-state index contributed by atoms with van der Waals surface area (Å²) >= 11 is 12.4. The van der Waals surface area contributed by atoms with Gasteiger partial charge in [0.2, 0.25) is 5.91 Å². The van der Waals surface area contributed by atoms with Gasteiger partial charge in [-0.1, -0.05) is 62.2 Å². The van der Waals surface area contributed by atoms with Crippen molar-refractivity contribution >= 4 is 51.8 Å². The second-order valence-corrected chi connectivity index (χ2v) is 11.6. The molecule has 0 radical (unpaired) electrons. The van der Waals surface area contributed by atoms with Crippen LogP contribution in [0.4, 0.5) is 0 Å². The fourth-order valence-corrected chi connectivity index (χ4v) is 6.04. The minimum Gasteiger partial charge on any atom is -0.364 e. The van der Waals surface area contributed by atoms with E-state index in [9.17, 15) is 14.4 Å². The number of piperazine rings is 1. The van der Waals surface area contributed by atoms with E-state index in [4.69, 9.17) is 28.9 Å². The maximum absolute atomic E-state index is 14.2. The highest BCUT2D eigenvalue weighted by molar-refractivity contribution is 6.35. The first kappa shape index (κ1) is 24.7. The molecule has 0 aliphatic carbocycles. The van der Waals surface area contributed by atoms with Crippen LogP contribution in [0.5, 0.6) is 0 Å². The number of nitrogens with two attached hydrogens (primary N) is 1. The van der Waals surface area contributed by atoms with Crippen LogP contribution in [0.1, 0.15) is 54.1 Å². The topological polar surface area (TPSA) is 88.6 Å². The molecule has 2 fully saturated rings. The monoisotopic (exact) mass is 526 g/mol. The number of likely N-dealkylation sites (tertiary alicyclic amines) is 2. The van der Waals surface area contributed by atoms with Crippen LogP contribution in [0.2, 0.25) is 10.0 Å². The second kappa shape index (κ2) is 8.82. The number of benzene rings is 2. The highest BCUT2D eigenvalue weighted by Crippen LogP contribution is 2.41. The van der Waals surface area contributed by atoms with E-state index in [1.807, 2.05) is 49.9 Å². The van der Waals surface area contributed by atoms with Crippen LogP contribution in [-0.4, -0.2) is 57.3 Å². The lowest BCUT2D eigenvalue weighted by Gasteiger charge is -2.40. The SMILES string of the molecule is CC(C)(C)[C@@H](C(=O)N1C[C@@H]2C[C@H]1CN2C(=O)c1cc(Cl)ccc1Cl)n1c(C(N)=O)cc2ccccc21. The summed E-state index contributed by atoms with van der Waals surface area (Å²) in [6, 6.07) is 13.3. The molecular weight excluding hydrogens is 499 g/mol. The Morgan fingerprint density at radius 2 is 1.64 bits per heavy atom. The maximum atomic E-state index is 14.2. The van der Waals surface area contributed by atoms with Gasteiger partial charge in [-0.2, -0.15) is 0 Å². The van der Waals surface area contributed by atoms with Crippen molar-refractivity contribution in [1.82, 2.24) is 14.4 Å². The zero-order valence-electron chi connectivity index (χ0n) is 20.4. The Morgan fingerprint density at radius 1 is 0.972 bits per heavy atom. The summed E-state index contributed by atoms with van der Waals surface area (Å²) < 4.78 is 1.79. The summed E-state index contributed by atoms with van der Waals surface area (Å²) in [7, 11) is 0. The van der Waals surface area contributed by atoms with E-state index >= 15 is 0 Å². The van der Waals surface area contributed by atoms with Crippen LogP contribution in [-0.2, 0) is 4.79 Å². The first-order chi connectivity index (χ1) is 17.0. The summed E-state index contributed by atoms with van der Waals surface area (Å²) in [5.74, 6) is -0.833. The summed E-state index contributed by atoms with van der Waals surface area (Å²) in [5.41, 5.74) is 6.71. The quantitative estimate of drug-likeness (QED) is 0.531. The van der Waals surface area contributed by atoms with Crippen LogP contribution in [0.3, 0.4) is 0 Å². The van der Waals surface area contributed by atoms with Gasteiger partial charge in [0.1, 0.15) is 11.7 Å². The van der Waals surface area contributed by atoms with E-state index in [0.29, 0.717) is 40.8 Å². The Labute approximate surface area is 219 Å². The summed E-state index contributed by atoms with van der Waals surface area (Å²) in [4.78, 5) is 43.5. The van der Waals surface area contributed by atoms with Crippen molar-refractivity contribution in [3.8, 4) is 0 Å². The molecule has 9 heteroatoms. The number of para-hydroxylation sites is 1. The van der Waals surface area contributed by atoms with Gasteiger partial charge in [-0.05, 0) is 42.2 Å². The Bertz CT molecular complexity index is 1390. The average Bonchev–Trinajstić information content (AvgIpc) is 3.52. The van der Waals surface area contributed by atoms with Gasteiger partial charge in [0, 0.05) is 29.0 Å². The lowest BCUT2D eigenvalue weighted by Crippen LogP contribution is -2.53. The third-order valence-electron chi connectivity index (χ3n) is 7.26. The number of carbonyl (C=O) groups is 3. The van der Waals surface area contributed by atoms with E-state index < -0.39 is 17.4 Å². The molecule has 3 aromatic rings. The van der Waals surface area contributed by atoms with Crippen LogP contribution in [0.15, 0.2) is 48.5 Å². The lowest BCUT2D eigenvalue weighted by atomic mass is 9.85. The lowest BCUT2D eigenvalue weighted by molar-refractivity contribution is -0.140. The van der Waals surface area contributed by atoms with Gasteiger partial charge in [0.15, 0.2) is 0 Å². The second-order valence-electron chi connectivity index (χ2n) is 10.7. The van der Waals surface area contributed by atoms with Crippen molar-refractivity contribution in [3.05, 3.63) is 69.8 Å². The first-order valence-corrected chi connectivity index (χ1v) is 12.7. The van der Waals surface area contributed by atoms with Crippen LogP contribution < -0.4 is 5.73 Å². The minimum atomic E-state index is -0.647. The van der Waals surface area contributed by atoms with Gasteiger partial charge < -0.3 is 20.1 Å². The molecule has 3 amide bonds. The van der Waals surface area contributed by atoms with Crippen molar-refractivity contribution in [1.29, 1.82) is 0 Å². The molecule has 2 N–H and O–H groups in total. The minimum absolute atomic E-state index is 0.0771. The fraction of sp³-hybridized carbons (Fsp3) is 0.370. The number of halogens is 2. The summed E-state index contributed by atoms with van der Waals surface area (Å²) in [6.45, 7) is 6.80. The molecule has 188 valence electrons. The number of amides is 3. The summed E-state index contributed by atoms with van der Waals surface area (Å²) in [5, 5.41) is 1.65. The van der Waals surface area contributed by atoms with Crippen molar-refractivity contribution in [3.63, 3.8) is 0 Å². The Hall–Kier alpha value is -3.03. The number of carbonyl (C=O) groups excluding carboxylic acids is 3. The molecule has 5 rings (SSSR count). The third kappa shape index (κ3) is 4.04. The molecule has 2 bridgehead atoms. The molecule has 2 saturated heterocycles. The number of fused-ring (bicyclic) bond motifs is 3. The molecule has 2 aromatic carbocycles. The number of primary amides is 1. The van der Waals surface area contributed by atoms with E-state index in [1.54, 1.807) is 33.7 Å². The van der Waals surface area contributed by atoms with Crippen molar-refractivity contribution in [2.75, 3.05) is 13.1 Å². The number of rotatable bonds is 4. The predicted octanol–water partition coefficient (Wildman–Crippen LogP) is 4.76. The fourth-order valence-electron chi connectivity index (χ4n) is 5.67. The number of aromatic nitrogens is 1. The van der Waals surface area contributed by atoms with E-state index in [2.05, 4.69) is 0 Å². The predicted molar refractivity (Wildman–Crippen MR) is 140 cm³/mol. The van der Waals surface area contributed by atoms with Crippen molar-refractivity contribution in [2.45, 2.75) is 45.3 Å². The van der Waals surface area contributed by atoms with Crippen LogP contribution in [0.25, 0.3) is 10.9 Å². The number of hydrogen-bond acceptors (Lipinski definition) is 3. The maximum Gasteiger partial charge on any atom is 0.265 e. The molecular formula is C27H28Cl2N4O3. The molecule has 3 heterocycles. The Morgan fingerprint density at radius 3 is 2.28 bits per heavy atom. The zero-order chi connectivity index (χ0) is 25.9. The molecule has 0 spiro atoms. The van der Waals surface area contributed by atoms with E-state index in [-0.39, 0.29) is 23.9 Å². The highest BCUT2D eigenvalue weighted by atomic mass is 35.5. The molecule has 36 heavy (non-hydrogen) atoms. The molecule has 2 aliphatic heterocycles. The highest BCUT2D eigenvalue weighted by Gasteiger charge is 2.50. The van der Waals surface area contributed by atoms with Gasteiger partial charge in [0.05, 0.1) is 22.7 Å². The number of nitrogens with zero attached hydrogens (tertiary/aromatic N) is 3. The average molecular weight is 527 g/mol. The molecule has 2 aliphatic rings. The van der Waals surface area contributed by atoms with Crippen LogP contribution >= 0.6 is 23.2 Å². The smallest absolute Gasteiger partial charge is 0.265 e. The van der Waals surface area contributed by atoms with Crippen molar-refractivity contribution in [2.24, 2.45) is 11.1 Å². The van der Waals surface area contributed by atoms with Gasteiger partial charge in [-0.3, -0.25) is 14.4 Å². The van der Waals surface area contributed by atoms with Gasteiger partial charge in [0.25, 0.3) is 11.8 Å². The first-order valence-electron chi connectivity index (χ1n) is 11.9.